The molecule has 1 fully saturated rings. The van der Waals surface area contributed by atoms with Gasteiger partial charge in [-0.05, 0) is 37.6 Å². The zero-order valence-corrected chi connectivity index (χ0v) is 18.8. The number of nitrogens with two attached hydrogens (primary N) is 1. The van der Waals surface area contributed by atoms with Crippen LogP contribution in [0.3, 0.4) is 0 Å². The second kappa shape index (κ2) is 7.30. The minimum Gasteiger partial charge on any atom is -0.496 e. The fourth-order valence-corrected chi connectivity index (χ4v) is 4.71. The number of carbonyl (C=O) groups is 1. The second-order valence-corrected chi connectivity index (χ2v) is 9.00. The van der Waals surface area contributed by atoms with E-state index in [4.69, 9.17) is 15.5 Å². The number of fused-ring (bicyclic) bond motifs is 2. The lowest BCUT2D eigenvalue weighted by Gasteiger charge is -2.34. The number of nitrogen functional groups attached to an aromatic ring is 1. The lowest BCUT2D eigenvalue weighted by molar-refractivity contribution is 0.0827. The van der Waals surface area contributed by atoms with Crippen molar-refractivity contribution in [3.63, 3.8) is 0 Å². The van der Waals surface area contributed by atoms with Crippen molar-refractivity contribution >= 4 is 11.7 Å². The summed E-state index contributed by atoms with van der Waals surface area (Å²) in [5, 5.41) is 4.28. The van der Waals surface area contributed by atoms with Gasteiger partial charge in [0.15, 0.2) is 11.6 Å². The van der Waals surface area contributed by atoms with Crippen LogP contribution >= 0.6 is 0 Å². The highest BCUT2D eigenvalue weighted by atomic mass is 16.5. The Kier molecular flexibility index (Phi) is 4.67. The molecule has 2 aromatic heterocycles. The third-order valence-electron chi connectivity index (χ3n) is 6.33. The first-order valence-electron chi connectivity index (χ1n) is 10.6. The molecule has 2 N–H and O–H groups in total. The highest BCUT2D eigenvalue weighted by Crippen LogP contribution is 2.55. The monoisotopic (exact) mass is 433 g/mol. The molecule has 1 aliphatic heterocycles. The Morgan fingerprint density at radius 2 is 2.03 bits per heavy atom. The van der Waals surface area contributed by atoms with E-state index in [1.807, 2.05) is 6.07 Å². The van der Waals surface area contributed by atoms with Gasteiger partial charge in [-0.1, -0.05) is 0 Å². The van der Waals surface area contributed by atoms with Crippen LogP contribution in [-0.4, -0.2) is 70.3 Å². The van der Waals surface area contributed by atoms with E-state index in [1.165, 1.54) is 39.7 Å². The van der Waals surface area contributed by atoms with E-state index >= 15 is 0 Å². The number of ether oxygens (including phenoxy) is 1. The zero-order valence-electron chi connectivity index (χ0n) is 18.8. The molecule has 2 aliphatic rings. The molecule has 3 aromatic rings. The standard InChI is InChI=1S/C23H27N7O2/c1-28(2)22(31)16-9-26-30(12-16)21-20(24)25-10-17(27-21)14-7-15-11-29(3)13-23(5-6-23)19(15)18(8-14)32-4/h7-10,12H,5-6,11,13H2,1-4H3,(H2,24,25). The maximum absolute atomic E-state index is 12.2. The Balaban J connectivity index is 1.57. The summed E-state index contributed by atoms with van der Waals surface area (Å²) in [6.45, 7) is 1.93. The van der Waals surface area contributed by atoms with Crippen LogP contribution in [0.2, 0.25) is 0 Å². The Hall–Kier alpha value is -3.46. The molecule has 1 aliphatic carbocycles. The van der Waals surface area contributed by atoms with E-state index in [9.17, 15) is 4.79 Å². The first kappa shape index (κ1) is 20.4. The third-order valence-corrected chi connectivity index (χ3v) is 6.33. The molecule has 1 saturated carbocycles. The van der Waals surface area contributed by atoms with E-state index in [0.717, 1.165) is 24.4 Å². The van der Waals surface area contributed by atoms with Gasteiger partial charge in [-0.2, -0.15) is 5.10 Å². The number of rotatable bonds is 4. The molecule has 9 nitrogen and oxygen atoms in total. The lowest BCUT2D eigenvalue weighted by atomic mass is 9.85. The van der Waals surface area contributed by atoms with Crippen LogP contribution in [0.5, 0.6) is 5.75 Å². The van der Waals surface area contributed by atoms with Crippen LogP contribution in [0.15, 0.2) is 30.7 Å². The van der Waals surface area contributed by atoms with Gasteiger partial charge in [0.05, 0.1) is 30.8 Å². The van der Waals surface area contributed by atoms with Crippen molar-refractivity contribution in [1.29, 1.82) is 0 Å². The predicted molar refractivity (Wildman–Crippen MR) is 121 cm³/mol. The van der Waals surface area contributed by atoms with Crippen LogP contribution < -0.4 is 10.5 Å². The largest absolute Gasteiger partial charge is 0.496 e. The van der Waals surface area contributed by atoms with Crippen molar-refractivity contribution in [3.8, 4) is 22.8 Å². The molecular weight excluding hydrogens is 406 g/mol. The zero-order chi connectivity index (χ0) is 22.6. The fraction of sp³-hybridized carbons (Fsp3) is 0.391. The van der Waals surface area contributed by atoms with Gasteiger partial charge in [0.1, 0.15) is 5.75 Å². The predicted octanol–water partition coefficient (Wildman–Crippen LogP) is 2.10. The Bertz CT molecular complexity index is 1210. The van der Waals surface area contributed by atoms with Gasteiger partial charge in [-0.15, -0.1) is 0 Å². The summed E-state index contributed by atoms with van der Waals surface area (Å²) in [5.74, 6) is 1.38. The number of hydrogen-bond acceptors (Lipinski definition) is 7. The molecule has 9 heteroatoms. The molecule has 166 valence electrons. The molecule has 0 unspecified atom stereocenters. The van der Waals surface area contributed by atoms with Crippen molar-refractivity contribution in [2.75, 3.05) is 40.5 Å². The van der Waals surface area contributed by atoms with Crippen molar-refractivity contribution in [2.24, 2.45) is 0 Å². The van der Waals surface area contributed by atoms with Gasteiger partial charge < -0.3 is 20.3 Å². The van der Waals surface area contributed by atoms with Gasteiger partial charge in [0.2, 0.25) is 0 Å². The first-order valence-corrected chi connectivity index (χ1v) is 10.6. The van der Waals surface area contributed by atoms with Crippen molar-refractivity contribution in [3.05, 3.63) is 47.4 Å². The quantitative estimate of drug-likeness (QED) is 0.672. The summed E-state index contributed by atoms with van der Waals surface area (Å²) in [7, 11) is 7.27. The summed E-state index contributed by atoms with van der Waals surface area (Å²) < 4.78 is 7.32. The molecule has 1 spiro atoms. The number of nitrogens with zero attached hydrogens (tertiary/aromatic N) is 6. The smallest absolute Gasteiger partial charge is 0.256 e. The minimum absolute atomic E-state index is 0.142. The summed E-state index contributed by atoms with van der Waals surface area (Å²) >= 11 is 0. The van der Waals surface area contributed by atoms with Crippen LogP contribution in [0.25, 0.3) is 17.1 Å². The molecule has 0 atom stereocenters. The van der Waals surface area contributed by atoms with Gasteiger partial charge in [-0.25, -0.2) is 14.6 Å². The highest BCUT2D eigenvalue weighted by molar-refractivity contribution is 5.93. The van der Waals surface area contributed by atoms with Crippen molar-refractivity contribution in [1.82, 2.24) is 29.5 Å². The van der Waals surface area contributed by atoms with Gasteiger partial charge in [-0.3, -0.25) is 4.79 Å². The summed E-state index contributed by atoms with van der Waals surface area (Å²) in [6.07, 6.45) is 7.17. The van der Waals surface area contributed by atoms with E-state index in [2.05, 4.69) is 28.1 Å². The maximum Gasteiger partial charge on any atom is 0.256 e. The highest BCUT2D eigenvalue weighted by Gasteiger charge is 2.50. The fourth-order valence-electron chi connectivity index (χ4n) is 4.71. The molecule has 1 amide bonds. The third kappa shape index (κ3) is 3.29. The Morgan fingerprint density at radius 3 is 2.72 bits per heavy atom. The number of benzene rings is 1. The van der Waals surface area contributed by atoms with Crippen molar-refractivity contribution < 1.29 is 9.53 Å². The SMILES string of the molecule is COc1cc(-c2cnc(N)c(-n3cc(C(=O)N(C)C)cn3)n2)cc2c1C1(CC1)CN(C)C2. The topological polar surface area (TPSA) is 102 Å². The molecule has 5 rings (SSSR count). The lowest BCUT2D eigenvalue weighted by Crippen LogP contribution is -2.35. The molecule has 0 saturated heterocycles. The average Bonchev–Trinajstić information content (AvgIpc) is 3.34. The second-order valence-electron chi connectivity index (χ2n) is 9.00. The number of methoxy groups -OCH3 is 1. The number of aromatic nitrogens is 4. The summed E-state index contributed by atoms with van der Waals surface area (Å²) in [4.78, 5) is 25.2. The molecule has 0 bridgehead atoms. The normalized spacial score (nSPS) is 16.6. The molecule has 0 radical (unpaired) electrons. The van der Waals surface area contributed by atoms with E-state index in [1.54, 1.807) is 33.6 Å². The van der Waals surface area contributed by atoms with Crippen LogP contribution in [0.1, 0.15) is 34.3 Å². The maximum atomic E-state index is 12.2. The summed E-state index contributed by atoms with van der Waals surface area (Å²) in [5.41, 5.74) is 11.0. The van der Waals surface area contributed by atoms with Crippen LogP contribution in [-0.2, 0) is 12.0 Å². The van der Waals surface area contributed by atoms with Crippen molar-refractivity contribution in [2.45, 2.75) is 24.8 Å². The Labute approximate surface area is 186 Å². The van der Waals surface area contributed by atoms with Gasteiger partial charge in [0, 0.05) is 49.9 Å². The Morgan fingerprint density at radius 1 is 1.25 bits per heavy atom. The minimum atomic E-state index is -0.142. The van der Waals surface area contributed by atoms with E-state index < -0.39 is 0 Å². The summed E-state index contributed by atoms with van der Waals surface area (Å²) in [6, 6.07) is 4.22. The number of likely N-dealkylation sites (N-methyl/N-ethyl adjacent to an activating group) is 1. The number of hydrogen-bond donors (Lipinski definition) is 1. The molecule has 32 heavy (non-hydrogen) atoms. The van der Waals surface area contributed by atoms with E-state index in [-0.39, 0.29) is 17.1 Å². The number of amides is 1. The van der Waals surface area contributed by atoms with Crippen LogP contribution in [0.4, 0.5) is 5.82 Å². The number of anilines is 1. The molecular formula is C23H27N7O2. The number of carbonyl (C=O) groups excluding carboxylic acids is 1. The van der Waals surface area contributed by atoms with Gasteiger partial charge in [0.25, 0.3) is 5.91 Å². The van der Waals surface area contributed by atoms with E-state index in [0.29, 0.717) is 17.1 Å². The molecule has 3 heterocycles. The van der Waals surface area contributed by atoms with Gasteiger partial charge >= 0.3 is 0 Å². The van der Waals surface area contributed by atoms with Crippen LogP contribution in [0, 0.1) is 0 Å². The molecule has 1 aromatic carbocycles. The first-order chi connectivity index (χ1) is 15.3. The average molecular weight is 434 g/mol.